The van der Waals surface area contributed by atoms with Crippen LogP contribution in [-0.4, -0.2) is 11.1 Å². The van der Waals surface area contributed by atoms with Crippen LogP contribution in [0.5, 0.6) is 0 Å². The molecule has 0 amide bonds. The van der Waals surface area contributed by atoms with Gasteiger partial charge in [0.1, 0.15) is 0 Å². The Balaban J connectivity index is 3.68. The number of carboxylic acids is 1. The zero-order valence-electron chi connectivity index (χ0n) is 9.83. The van der Waals surface area contributed by atoms with Gasteiger partial charge in [0.05, 0.1) is 5.57 Å². The summed E-state index contributed by atoms with van der Waals surface area (Å²) in [7, 11) is 0. The van der Waals surface area contributed by atoms with Crippen LogP contribution in [0.1, 0.15) is 46.0 Å². The second-order valence-electron chi connectivity index (χ2n) is 4.02. The molecule has 1 unspecified atom stereocenters. The zero-order valence-corrected chi connectivity index (χ0v) is 9.83. The molecule has 0 saturated heterocycles. The molecule has 1 atom stereocenters. The molecule has 0 aromatic heterocycles. The third-order valence-corrected chi connectivity index (χ3v) is 2.41. The number of hydrogen-bond donors (Lipinski definition) is 1. The van der Waals surface area contributed by atoms with E-state index in [1.54, 1.807) is 6.08 Å². The normalized spacial score (nSPS) is 12.9. The van der Waals surface area contributed by atoms with Gasteiger partial charge in [0.25, 0.3) is 0 Å². The van der Waals surface area contributed by atoms with E-state index in [4.69, 9.17) is 5.11 Å². The Bertz CT molecular complexity index is 229. The minimum absolute atomic E-state index is 0.162. The average Bonchev–Trinajstić information content (AvgIpc) is 2.20. The lowest BCUT2D eigenvalue weighted by atomic mass is 10.0. The molecule has 0 radical (unpaired) electrons. The van der Waals surface area contributed by atoms with Crippen LogP contribution >= 0.6 is 0 Å². The van der Waals surface area contributed by atoms with Gasteiger partial charge in [-0.1, -0.05) is 58.3 Å². The van der Waals surface area contributed by atoms with Gasteiger partial charge in [-0.05, 0) is 12.3 Å². The highest BCUT2D eigenvalue weighted by atomic mass is 16.4. The van der Waals surface area contributed by atoms with E-state index in [0.29, 0.717) is 5.92 Å². The van der Waals surface area contributed by atoms with E-state index in [1.807, 2.05) is 6.08 Å². The second kappa shape index (κ2) is 8.27. The molecule has 0 aromatic carbocycles. The Labute approximate surface area is 92.7 Å². The van der Waals surface area contributed by atoms with Crippen molar-refractivity contribution in [2.75, 3.05) is 0 Å². The van der Waals surface area contributed by atoms with Crippen LogP contribution in [0.3, 0.4) is 0 Å². The van der Waals surface area contributed by atoms with E-state index in [9.17, 15) is 4.79 Å². The van der Waals surface area contributed by atoms with Crippen molar-refractivity contribution in [3.63, 3.8) is 0 Å². The SMILES string of the molecule is C=C(C=CC(C)CCCCCC)C(=O)O. The maximum absolute atomic E-state index is 10.5. The summed E-state index contributed by atoms with van der Waals surface area (Å²) in [6.45, 7) is 7.75. The maximum Gasteiger partial charge on any atom is 0.335 e. The first-order chi connectivity index (χ1) is 7.07. The predicted octanol–water partition coefficient (Wildman–Crippen LogP) is 3.79. The lowest BCUT2D eigenvalue weighted by Gasteiger charge is -2.05. The zero-order chi connectivity index (χ0) is 11.7. The fraction of sp³-hybridized carbons (Fsp3) is 0.615. The van der Waals surface area contributed by atoms with Crippen LogP contribution in [-0.2, 0) is 4.79 Å². The van der Waals surface area contributed by atoms with Crippen molar-refractivity contribution in [1.29, 1.82) is 0 Å². The summed E-state index contributed by atoms with van der Waals surface area (Å²) in [4.78, 5) is 10.5. The summed E-state index contributed by atoms with van der Waals surface area (Å²) in [5.74, 6) is -0.498. The van der Waals surface area contributed by atoms with Crippen LogP contribution in [0.4, 0.5) is 0 Å². The molecule has 2 nitrogen and oxygen atoms in total. The largest absolute Gasteiger partial charge is 0.478 e. The molecule has 15 heavy (non-hydrogen) atoms. The number of allylic oxidation sites excluding steroid dienone is 1. The van der Waals surface area contributed by atoms with Crippen LogP contribution in [0, 0.1) is 5.92 Å². The number of unbranched alkanes of at least 4 members (excludes halogenated alkanes) is 3. The predicted molar refractivity (Wildman–Crippen MR) is 63.8 cm³/mol. The van der Waals surface area contributed by atoms with Gasteiger partial charge in [-0.25, -0.2) is 4.79 Å². The van der Waals surface area contributed by atoms with Crippen LogP contribution in [0.25, 0.3) is 0 Å². The maximum atomic E-state index is 10.5. The van der Waals surface area contributed by atoms with Crippen LogP contribution in [0.15, 0.2) is 24.3 Å². The monoisotopic (exact) mass is 210 g/mol. The van der Waals surface area contributed by atoms with Gasteiger partial charge in [-0.3, -0.25) is 0 Å². The fourth-order valence-corrected chi connectivity index (χ4v) is 1.34. The third-order valence-electron chi connectivity index (χ3n) is 2.41. The van der Waals surface area contributed by atoms with Gasteiger partial charge < -0.3 is 5.11 Å². The molecular formula is C13H22O2. The molecular weight excluding hydrogens is 188 g/mol. The van der Waals surface area contributed by atoms with Crippen molar-refractivity contribution in [3.8, 4) is 0 Å². The van der Waals surface area contributed by atoms with Gasteiger partial charge in [-0.2, -0.15) is 0 Å². The van der Waals surface area contributed by atoms with E-state index in [2.05, 4.69) is 20.4 Å². The first-order valence-electron chi connectivity index (χ1n) is 5.68. The first-order valence-corrected chi connectivity index (χ1v) is 5.68. The topological polar surface area (TPSA) is 37.3 Å². The molecule has 0 aromatic rings. The summed E-state index contributed by atoms with van der Waals surface area (Å²) in [5.41, 5.74) is 0.162. The molecule has 0 saturated carbocycles. The molecule has 0 aliphatic heterocycles. The molecule has 0 rings (SSSR count). The quantitative estimate of drug-likeness (QED) is 0.376. The highest BCUT2D eigenvalue weighted by Gasteiger charge is 2.00. The molecule has 86 valence electrons. The molecule has 0 heterocycles. The molecule has 1 N–H and O–H groups in total. The van der Waals surface area contributed by atoms with Crippen LogP contribution in [0.2, 0.25) is 0 Å². The van der Waals surface area contributed by atoms with Crippen LogP contribution < -0.4 is 0 Å². The Hall–Kier alpha value is -1.05. The van der Waals surface area contributed by atoms with Gasteiger partial charge in [-0.15, -0.1) is 0 Å². The molecule has 0 aliphatic rings. The molecule has 0 spiro atoms. The number of hydrogen-bond acceptors (Lipinski definition) is 1. The molecule has 0 aliphatic carbocycles. The first kappa shape index (κ1) is 13.9. The molecule has 2 heteroatoms. The van der Waals surface area contributed by atoms with Gasteiger partial charge >= 0.3 is 5.97 Å². The summed E-state index contributed by atoms with van der Waals surface area (Å²) >= 11 is 0. The summed E-state index contributed by atoms with van der Waals surface area (Å²) < 4.78 is 0. The minimum Gasteiger partial charge on any atom is -0.478 e. The molecule has 0 fully saturated rings. The smallest absolute Gasteiger partial charge is 0.335 e. The summed E-state index contributed by atoms with van der Waals surface area (Å²) in [5, 5.41) is 8.59. The van der Waals surface area contributed by atoms with Crippen molar-refractivity contribution >= 4 is 5.97 Å². The van der Waals surface area contributed by atoms with E-state index >= 15 is 0 Å². The lowest BCUT2D eigenvalue weighted by Crippen LogP contribution is -1.96. The van der Waals surface area contributed by atoms with Crippen molar-refractivity contribution < 1.29 is 9.90 Å². The highest BCUT2D eigenvalue weighted by molar-refractivity contribution is 5.88. The average molecular weight is 210 g/mol. The van der Waals surface area contributed by atoms with Crippen molar-refractivity contribution in [2.45, 2.75) is 46.0 Å². The Kier molecular flexibility index (Phi) is 7.69. The standard InChI is InChI=1S/C13H22O2/c1-4-5-6-7-8-11(2)9-10-12(3)13(14)15/h9-11H,3-8H2,1-2H3,(H,14,15). The van der Waals surface area contributed by atoms with Gasteiger partial charge in [0.2, 0.25) is 0 Å². The summed E-state index contributed by atoms with van der Waals surface area (Å²) in [6, 6.07) is 0. The highest BCUT2D eigenvalue weighted by Crippen LogP contribution is 2.12. The van der Waals surface area contributed by atoms with E-state index in [-0.39, 0.29) is 5.57 Å². The van der Waals surface area contributed by atoms with E-state index in [0.717, 1.165) is 6.42 Å². The number of rotatable bonds is 8. The van der Waals surface area contributed by atoms with Crippen molar-refractivity contribution in [1.82, 2.24) is 0 Å². The Morgan fingerprint density at radius 1 is 1.40 bits per heavy atom. The van der Waals surface area contributed by atoms with Gasteiger partial charge in [0, 0.05) is 0 Å². The molecule has 0 bridgehead atoms. The van der Waals surface area contributed by atoms with Gasteiger partial charge in [0.15, 0.2) is 0 Å². The van der Waals surface area contributed by atoms with Crippen molar-refractivity contribution in [3.05, 3.63) is 24.3 Å². The third kappa shape index (κ3) is 7.98. The minimum atomic E-state index is -0.940. The second-order valence-corrected chi connectivity index (χ2v) is 4.02. The Morgan fingerprint density at radius 3 is 2.60 bits per heavy atom. The van der Waals surface area contributed by atoms with Crippen molar-refractivity contribution in [2.24, 2.45) is 5.92 Å². The van der Waals surface area contributed by atoms with E-state index < -0.39 is 5.97 Å². The fourth-order valence-electron chi connectivity index (χ4n) is 1.34. The van der Waals surface area contributed by atoms with E-state index in [1.165, 1.54) is 25.7 Å². The summed E-state index contributed by atoms with van der Waals surface area (Å²) in [6.07, 6.45) is 9.70. The number of aliphatic carboxylic acids is 1. The lowest BCUT2D eigenvalue weighted by molar-refractivity contribution is -0.132. The Morgan fingerprint density at radius 2 is 2.07 bits per heavy atom. The number of carbonyl (C=O) groups is 1. The number of carboxylic acid groups (broad SMARTS) is 1.